The summed E-state index contributed by atoms with van der Waals surface area (Å²) in [6.45, 7) is 1.70. The molecule has 0 N–H and O–H groups in total. The summed E-state index contributed by atoms with van der Waals surface area (Å²) in [6.07, 6.45) is 9.42. The van der Waals surface area contributed by atoms with Crippen molar-refractivity contribution in [1.82, 2.24) is 29.2 Å². The first-order valence-electron chi connectivity index (χ1n) is 8.40. The van der Waals surface area contributed by atoms with E-state index < -0.39 is 0 Å². The minimum absolute atomic E-state index is 0.0960. The number of rotatable bonds is 3. The van der Waals surface area contributed by atoms with Crippen LogP contribution < -0.4 is 0 Å². The molecule has 25 heavy (non-hydrogen) atoms. The molecule has 0 radical (unpaired) electrons. The van der Waals surface area contributed by atoms with Crippen molar-refractivity contribution < 1.29 is 4.79 Å². The summed E-state index contributed by atoms with van der Waals surface area (Å²) < 4.78 is 3.62. The summed E-state index contributed by atoms with van der Waals surface area (Å²) in [7, 11) is 3.76. The Morgan fingerprint density at radius 2 is 1.80 bits per heavy atom. The van der Waals surface area contributed by atoms with Crippen molar-refractivity contribution in [1.29, 1.82) is 0 Å². The Kier molecular flexibility index (Phi) is 3.83. The van der Waals surface area contributed by atoms with Gasteiger partial charge in [-0.25, -0.2) is 9.97 Å². The lowest BCUT2D eigenvalue weighted by Gasteiger charge is -2.15. The van der Waals surface area contributed by atoms with Crippen molar-refractivity contribution in [3.05, 3.63) is 42.6 Å². The first-order valence-corrected chi connectivity index (χ1v) is 8.40. The fourth-order valence-electron chi connectivity index (χ4n) is 3.22. The first-order chi connectivity index (χ1) is 12.1. The van der Waals surface area contributed by atoms with E-state index in [0.29, 0.717) is 11.5 Å². The molecule has 0 atom stereocenters. The molecule has 0 saturated carbocycles. The number of amides is 1. The lowest BCUT2D eigenvalue weighted by Crippen LogP contribution is -2.29. The number of hydrogen-bond acceptors (Lipinski definition) is 4. The number of carbonyl (C=O) groups excluding carboxylic acids is 1. The van der Waals surface area contributed by atoms with Crippen LogP contribution in [-0.4, -0.2) is 48.2 Å². The summed E-state index contributed by atoms with van der Waals surface area (Å²) in [4.78, 5) is 23.4. The third-order valence-corrected chi connectivity index (χ3v) is 4.65. The SMILES string of the molecule is Cn1cc(-c2cnc(-c3ccnn3C)nc2)cc1C(=O)N1CCCC1. The number of nitrogens with zero attached hydrogens (tertiary/aromatic N) is 6. The molecule has 0 aliphatic carbocycles. The van der Waals surface area contributed by atoms with Gasteiger partial charge in [-0.05, 0) is 25.0 Å². The molecule has 3 aromatic rings. The van der Waals surface area contributed by atoms with E-state index in [4.69, 9.17) is 0 Å². The lowest BCUT2D eigenvalue weighted by atomic mass is 10.2. The highest BCUT2D eigenvalue weighted by atomic mass is 16.2. The van der Waals surface area contributed by atoms with Gasteiger partial charge < -0.3 is 9.47 Å². The molecule has 3 aromatic heterocycles. The molecular weight excluding hydrogens is 316 g/mol. The van der Waals surface area contributed by atoms with Crippen LogP contribution in [0.15, 0.2) is 36.9 Å². The topological polar surface area (TPSA) is 68.8 Å². The summed E-state index contributed by atoms with van der Waals surface area (Å²) in [5, 5.41) is 4.14. The zero-order valence-corrected chi connectivity index (χ0v) is 14.4. The van der Waals surface area contributed by atoms with Gasteiger partial charge in [0.2, 0.25) is 0 Å². The standard InChI is InChI=1S/C18H20N6O/c1-22-12-13(9-16(22)18(25)24-7-3-4-8-24)14-10-19-17(20-11-14)15-5-6-21-23(15)2/h5-6,9-12H,3-4,7-8H2,1-2H3. The Morgan fingerprint density at radius 1 is 1.08 bits per heavy atom. The lowest BCUT2D eigenvalue weighted by molar-refractivity contribution is 0.0783. The van der Waals surface area contributed by atoms with Crippen LogP contribution in [0.5, 0.6) is 0 Å². The molecule has 1 saturated heterocycles. The average molecular weight is 336 g/mol. The molecule has 4 rings (SSSR count). The Balaban J connectivity index is 1.61. The van der Waals surface area contributed by atoms with Crippen LogP contribution in [0.3, 0.4) is 0 Å². The highest BCUT2D eigenvalue weighted by Gasteiger charge is 2.22. The highest BCUT2D eigenvalue weighted by molar-refractivity contribution is 5.94. The molecule has 1 aliphatic rings. The number of hydrogen-bond donors (Lipinski definition) is 0. The van der Waals surface area contributed by atoms with E-state index in [1.54, 1.807) is 23.3 Å². The maximum absolute atomic E-state index is 12.6. The van der Waals surface area contributed by atoms with Gasteiger partial charge in [0.05, 0.1) is 0 Å². The Morgan fingerprint density at radius 3 is 2.44 bits per heavy atom. The fraction of sp³-hybridized carbons (Fsp3) is 0.333. The van der Waals surface area contributed by atoms with E-state index in [9.17, 15) is 4.79 Å². The Bertz CT molecular complexity index is 902. The molecule has 7 heteroatoms. The normalized spacial score (nSPS) is 14.2. The summed E-state index contributed by atoms with van der Waals surface area (Å²) in [6, 6.07) is 3.80. The average Bonchev–Trinajstić information content (AvgIpc) is 3.35. The summed E-state index contributed by atoms with van der Waals surface area (Å²) in [5.41, 5.74) is 3.40. The van der Waals surface area contributed by atoms with E-state index in [1.807, 2.05) is 41.9 Å². The van der Waals surface area contributed by atoms with Gasteiger partial charge in [-0.1, -0.05) is 0 Å². The molecule has 0 bridgehead atoms. The molecular formula is C18H20N6O. The molecule has 0 unspecified atom stereocenters. The van der Waals surface area contributed by atoms with Gasteiger partial charge >= 0.3 is 0 Å². The Hall–Kier alpha value is -2.96. The van der Waals surface area contributed by atoms with Crippen molar-refractivity contribution in [2.45, 2.75) is 12.8 Å². The van der Waals surface area contributed by atoms with Crippen LogP contribution in [0.1, 0.15) is 23.3 Å². The van der Waals surface area contributed by atoms with Gasteiger partial charge in [-0.15, -0.1) is 0 Å². The second kappa shape index (κ2) is 6.16. The van der Waals surface area contributed by atoms with Crippen LogP contribution in [0, 0.1) is 0 Å². The van der Waals surface area contributed by atoms with Gasteiger partial charge in [0.1, 0.15) is 11.4 Å². The van der Waals surface area contributed by atoms with Crippen LogP contribution in [-0.2, 0) is 14.1 Å². The van der Waals surface area contributed by atoms with E-state index in [2.05, 4.69) is 15.1 Å². The third kappa shape index (κ3) is 2.82. The zero-order chi connectivity index (χ0) is 17.4. The number of likely N-dealkylation sites (tertiary alicyclic amines) is 1. The minimum atomic E-state index is 0.0960. The molecule has 1 fully saturated rings. The van der Waals surface area contributed by atoms with Crippen LogP contribution >= 0.6 is 0 Å². The zero-order valence-electron chi connectivity index (χ0n) is 14.4. The van der Waals surface area contributed by atoms with Gasteiger partial charge in [0.25, 0.3) is 5.91 Å². The van der Waals surface area contributed by atoms with E-state index in [0.717, 1.165) is 42.8 Å². The van der Waals surface area contributed by atoms with Crippen molar-refractivity contribution in [3.8, 4) is 22.6 Å². The first kappa shape index (κ1) is 15.6. The van der Waals surface area contributed by atoms with Crippen molar-refractivity contribution >= 4 is 5.91 Å². The van der Waals surface area contributed by atoms with Crippen LogP contribution in [0.2, 0.25) is 0 Å². The second-order valence-corrected chi connectivity index (χ2v) is 6.36. The molecule has 0 aromatic carbocycles. The van der Waals surface area contributed by atoms with Gasteiger partial charge in [0.15, 0.2) is 5.82 Å². The molecule has 4 heterocycles. The smallest absolute Gasteiger partial charge is 0.270 e. The number of aromatic nitrogens is 5. The third-order valence-electron chi connectivity index (χ3n) is 4.65. The maximum Gasteiger partial charge on any atom is 0.270 e. The second-order valence-electron chi connectivity index (χ2n) is 6.36. The van der Waals surface area contributed by atoms with Crippen LogP contribution in [0.25, 0.3) is 22.6 Å². The van der Waals surface area contributed by atoms with E-state index >= 15 is 0 Å². The van der Waals surface area contributed by atoms with E-state index in [1.165, 1.54) is 0 Å². The summed E-state index contributed by atoms with van der Waals surface area (Å²) in [5.74, 6) is 0.728. The van der Waals surface area contributed by atoms with Crippen molar-refractivity contribution in [2.24, 2.45) is 14.1 Å². The quantitative estimate of drug-likeness (QED) is 0.735. The monoisotopic (exact) mass is 336 g/mol. The maximum atomic E-state index is 12.6. The Labute approximate surface area is 145 Å². The molecule has 1 amide bonds. The van der Waals surface area contributed by atoms with Crippen molar-refractivity contribution in [2.75, 3.05) is 13.1 Å². The highest BCUT2D eigenvalue weighted by Crippen LogP contribution is 2.23. The van der Waals surface area contributed by atoms with Gasteiger partial charge in [-0.2, -0.15) is 5.10 Å². The predicted octanol–water partition coefficient (Wildman–Crippen LogP) is 2.12. The molecule has 128 valence electrons. The van der Waals surface area contributed by atoms with Crippen molar-refractivity contribution in [3.63, 3.8) is 0 Å². The molecule has 0 spiro atoms. The summed E-state index contributed by atoms with van der Waals surface area (Å²) >= 11 is 0. The van der Waals surface area contributed by atoms with Crippen LogP contribution in [0.4, 0.5) is 0 Å². The largest absolute Gasteiger partial charge is 0.346 e. The fourth-order valence-corrected chi connectivity index (χ4v) is 3.22. The minimum Gasteiger partial charge on any atom is -0.346 e. The predicted molar refractivity (Wildman–Crippen MR) is 93.8 cm³/mol. The van der Waals surface area contributed by atoms with Gasteiger partial charge in [0, 0.05) is 63.1 Å². The number of carbonyl (C=O) groups is 1. The van der Waals surface area contributed by atoms with Gasteiger partial charge in [-0.3, -0.25) is 9.48 Å². The molecule has 7 nitrogen and oxygen atoms in total. The van der Waals surface area contributed by atoms with E-state index in [-0.39, 0.29) is 5.91 Å². The number of aryl methyl sites for hydroxylation is 2. The molecule has 1 aliphatic heterocycles.